The van der Waals surface area contributed by atoms with Gasteiger partial charge in [-0.1, -0.05) is 47.5 Å². The largest absolute Gasteiger partial charge is 0.496 e. The van der Waals surface area contributed by atoms with Crippen LogP contribution in [-0.4, -0.2) is 7.11 Å². The number of halogens is 1. The maximum absolute atomic E-state index is 6.56. The van der Waals surface area contributed by atoms with E-state index in [0.717, 1.165) is 17.7 Å². The zero-order chi connectivity index (χ0) is 13.8. The molecule has 0 aliphatic heterocycles. The van der Waals surface area contributed by atoms with Crippen LogP contribution in [0.15, 0.2) is 42.5 Å². The summed E-state index contributed by atoms with van der Waals surface area (Å²) in [7, 11) is 1.68. The number of aryl methyl sites for hydroxylation is 2. The molecule has 0 N–H and O–H groups in total. The monoisotopic (exact) mass is 274 g/mol. The van der Waals surface area contributed by atoms with E-state index in [1.807, 2.05) is 12.1 Å². The first kappa shape index (κ1) is 14.0. The van der Waals surface area contributed by atoms with Crippen LogP contribution in [0.25, 0.3) is 0 Å². The molecule has 1 nitrogen and oxygen atoms in total. The van der Waals surface area contributed by atoms with Crippen LogP contribution in [0.1, 0.15) is 27.6 Å². The highest BCUT2D eigenvalue weighted by atomic mass is 35.5. The molecule has 0 aliphatic rings. The molecule has 2 rings (SSSR count). The molecule has 0 saturated heterocycles. The summed E-state index contributed by atoms with van der Waals surface area (Å²) in [6.07, 6.45) is 0.807. The third-order valence-corrected chi connectivity index (χ3v) is 3.65. The minimum absolute atomic E-state index is 0.0717. The Hall–Kier alpha value is -1.47. The summed E-state index contributed by atoms with van der Waals surface area (Å²) in [5.74, 6) is 0.859. The molecule has 1 unspecified atom stereocenters. The van der Waals surface area contributed by atoms with Crippen molar-refractivity contribution in [3.63, 3.8) is 0 Å². The molecule has 0 amide bonds. The SMILES string of the molecule is COc1ccc(C)cc1C(Cl)Cc1ccc(C)cc1. The van der Waals surface area contributed by atoms with Gasteiger partial charge in [0.15, 0.2) is 0 Å². The number of methoxy groups -OCH3 is 1. The predicted octanol–water partition coefficient (Wildman–Crippen LogP) is 4.83. The van der Waals surface area contributed by atoms with Crippen LogP contribution in [0.2, 0.25) is 0 Å². The second-order valence-corrected chi connectivity index (χ2v) is 5.43. The first-order valence-electron chi connectivity index (χ1n) is 6.44. The minimum Gasteiger partial charge on any atom is -0.496 e. The number of rotatable bonds is 4. The van der Waals surface area contributed by atoms with Crippen LogP contribution in [0, 0.1) is 13.8 Å². The average molecular weight is 275 g/mol. The third-order valence-electron chi connectivity index (χ3n) is 3.26. The lowest BCUT2D eigenvalue weighted by atomic mass is 10.0. The van der Waals surface area contributed by atoms with Gasteiger partial charge < -0.3 is 4.74 Å². The first-order chi connectivity index (χ1) is 9.10. The summed E-state index contributed by atoms with van der Waals surface area (Å²) < 4.78 is 5.39. The fourth-order valence-corrected chi connectivity index (χ4v) is 2.49. The van der Waals surface area contributed by atoms with Crippen molar-refractivity contribution in [2.24, 2.45) is 0 Å². The van der Waals surface area contributed by atoms with Gasteiger partial charge >= 0.3 is 0 Å². The van der Waals surface area contributed by atoms with Crippen molar-refractivity contribution in [1.82, 2.24) is 0 Å². The number of ether oxygens (including phenoxy) is 1. The summed E-state index contributed by atoms with van der Waals surface area (Å²) in [5.41, 5.74) is 4.77. The molecule has 19 heavy (non-hydrogen) atoms. The molecule has 0 heterocycles. The molecule has 1 atom stereocenters. The molecule has 100 valence electrons. The van der Waals surface area contributed by atoms with Crippen molar-refractivity contribution in [2.45, 2.75) is 25.6 Å². The standard InChI is InChI=1S/C17H19ClO/c1-12-4-7-14(8-5-12)11-16(18)15-10-13(2)6-9-17(15)19-3/h4-10,16H,11H2,1-3H3. The summed E-state index contributed by atoms with van der Waals surface area (Å²) >= 11 is 6.56. The Morgan fingerprint density at radius 1 is 1.00 bits per heavy atom. The summed E-state index contributed by atoms with van der Waals surface area (Å²) in [6.45, 7) is 4.16. The van der Waals surface area contributed by atoms with Crippen molar-refractivity contribution < 1.29 is 4.74 Å². The maximum Gasteiger partial charge on any atom is 0.123 e. The molecular weight excluding hydrogens is 256 g/mol. The van der Waals surface area contributed by atoms with Gasteiger partial charge in [0, 0.05) is 5.56 Å². The highest BCUT2D eigenvalue weighted by molar-refractivity contribution is 6.21. The van der Waals surface area contributed by atoms with E-state index in [9.17, 15) is 0 Å². The lowest BCUT2D eigenvalue weighted by molar-refractivity contribution is 0.409. The van der Waals surface area contributed by atoms with Crippen LogP contribution in [0.4, 0.5) is 0 Å². The number of alkyl halides is 1. The highest BCUT2D eigenvalue weighted by Gasteiger charge is 2.14. The summed E-state index contributed by atoms with van der Waals surface area (Å²) in [5, 5.41) is -0.0717. The van der Waals surface area contributed by atoms with E-state index >= 15 is 0 Å². The van der Waals surface area contributed by atoms with Crippen LogP contribution in [0.3, 0.4) is 0 Å². The lowest BCUT2D eigenvalue weighted by Gasteiger charge is -2.15. The molecule has 0 spiro atoms. The molecule has 0 radical (unpaired) electrons. The van der Waals surface area contributed by atoms with Crippen LogP contribution in [-0.2, 0) is 6.42 Å². The molecule has 0 bridgehead atoms. The van der Waals surface area contributed by atoms with Crippen molar-refractivity contribution in [3.8, 4) is 5.75 Å². The van der Waals surface area contributed by atoms with E-state index in [1.165, 1.54) is 16.7 Å². The second kappa shape index (κ2) is 6.12. The number of hydrogen-bond donors (Lipinski definition) is 0. The van der Waals surface area contributed by atoms with Gasteiger partial charge in [-0.2, -0.15) is 0 Å². The van der Waals surface area contributed by atoms with Crippen molar-refractivity contribution in [2.75, 3.05) is 7.11 Å². The Morgan fingerprint density at radius 2 is 1.63 bits per heavy atom. The summed E-state index contributed by atoms with van der Waals surface area (Å²) in [6, 6.07) is 14.6. The Bertz CT molecular complexity index is 546. The van der Waals surface area contributed by atoms with Crippen LogP contribution in [0.5, 0.6) is 5.75 Å². The lowest BCUT2D eigenvalue weighted by Crippen LogP contribution is -2.00. The van der Waals surface area contributed by atoms with E-state index in [0.29, 0.717) is 0 Å². The van der Waals surface area contributed by atoms with Gasteiger partial charge in [0.05, 0.1) is 12.5 Å². The van der Waals surface area contributed by atoms with Gasteiger partial charge in [-0.3, -0.25) is 0 Å². The Kier molecular flexibility index (Phi) is 4.49. The van der Waals surface area contributed by atoms with Gasteiger partial charge in [0.25, 0.3) is 0 Å². The third kappa shape index (κ3) is 3.51. The van der Waals surface area contributed by atoms with Gasteiger partial charge in [-0.15, -0.1) is 11.6 Å². The maximum atomic E-state index is 6.56. The van der Waals surface area contributed by atoms with E-state index in [1.54, 1.807) is 7.11 Å². The first-order valence-corrected chi connectivity index (χ1v) is 6.88. The normalized spacial score (nSPS) is 12.2. The van der Waals surface area contributed by atoms with Gasteiger partial charge in [-0.25, -0.2) is 0 Å². The van der Waals surface area contributed by atoms with E-state index < -0.39 is 0 Å². The Labute approximate surface area is 120 Å². The molecule has 0 saturated carbocycles. The average Bonchev–Trinajstić information content (AvgIpc) is 2.41. The summed E-state index contributed by atoms with van der Waals surface area (Å²) in [4.78, 5) is 0. The fraction of sp³-hybridized carbons (Fsp3) is 0.294. The molecular formula is C17H19ClO. The molecule has 2 aromatic carbocycles. The van der Waals surface area contributed by atoms with Gasteiger partial charge in [-0.05, 0) is 31.9 Å². The Balaban J connectivity index is 2.21. The minimum atomic E-state index is -0.0717. The van der Waals surface area contributed by atoms with Crippen molar-refractivity contribution in [1.29, 1.82) is 0 Å². The highest BCUT2D eigenvalue weighted by Crippen LogP contribution is 2.33. The zero-order valence-electron chi connectivity index (χ0n) is 11.6. The van der Waals surface area contributed by atoms with E-state index in [2.05, 4.69) is 44.2 Å². The van der Waals surface area contributed by atoms with Gasteiger partial charge in [0.2, 0.25) is 0 Å². The topological polar surface area (TPSA) is 9.23 Å². The number of benzene rings is 2. The smallest absolute Gasteiger partial charge is 0.123 e. The van der Waals surface area contributed by atoms with Crippen molar-refractivity contribution in [3.05, 3.63) is 64.7 Å². The molecule has 0 fully saturated rings. The van der Waals surface area contributed by atoms with E-state index in [-0.39, 0.29) is 5.38 Å². The molecule has 2 aromatic rings. The zero-order valence-corrected chi connectivity index (χ0v) is 12.4. The van der Waals surface area contributed by atoms with Crippen molar-refractivity contribution >= 4 is 11.6 Å². The molecule has 0 aromatic heterocycles. The quantitative estimate of drug-likeness (QED) is 0.725. The van der Waals surface area contributed by atoms with E-state index in [4.69, 9.17) is 16.3 Å². The Morgan fingerprint density at radius 3 is 2.26 bits per heavy atom. The molecule has 2 heteroatoms. The van der Waals surface area contributed by atoms with Crippen LogP contribution >= 0.6 is 11.6 Å². The van der Waals surface area contributed by atoms with Gasteiger partial charge in [0.1, 0.15) is 5.75 Å². The van der Waals surface area contributed by atoms with Crippen LogP contribution < -0.4 is 4.74 Å². The second-order valence-electron chi connectivity index (χ2n) is 4.90. The number of hydrogen-bond acceptors (Lipinski definition) is 1. The molecule has 0 aliphatic carbocycles. The predicted molar refractivity (Wildman–Crippen MR) is 81.2 cm³/mol. The fourth-order valence-electron chi connectivity index (χ4n) is 2.14.